The zero-order valence-electron chi connectivity index (χ0n) is 10.0. The lowest BCUT2D eigenvalue weighted by atomic mass is 9.75. The summed E-state index contributed by atoms with van der Waals surface area (Å²) in [5, 5.41) is 11.3. The molecule has 1 aliphatic heterocycles. The van der Waals surface area contributed by atoms with Crippen molar-refractivity contribution in [3.05, 3.63) is 33.3 Å². The van der Waals surface area contributed by atoms with Gasteiger partial charge in [-0.25, -0.2) is 0 Å². The first-order valence-corrected chi connectivity index (χ1v) is 7.17. The van der Waals surface area contributed by atoms with Crippen molar-refractivity contribution in [2.75, 3.05) is 19.8 Å². The first kappa shape index (κ1) is 14.3. The zero-order valence-corrected chi connectivity index (χ0v) is 12.4. The van der Waals surface area contributed by atoms with Crippen molar-refractivity contribution in [2.24, 2.45) is 11.1 Å². The molecule has 2 atom stereocenters. The van der Waals surface area contributed by atoms with E-state index >= 15 is 0 Å². The summed E-state index contributed by atoms with van der Waals surface area (Å²) in [7, 11) is 0. The molecule has 2 rings (SSSR count). The van der Waals surface area contributed by atoms with Crippen molar-refractivity contribution in [2.45, 2.75) is 18.9 Å². The average Bonchev–Trinajstić information content (AvgIpc) is 2.39. The highest BCUT2D eigenvalue weighted by Gasteiger charge is 2.40. The van der Waals surface area contributed by atoms with E-state index in [-0.39, 0.29) is 0 Å². The Labute approximate surface area is 120 Å². The zero-order chi connectivity index (χ0) is 13.2. The number of halogens is 2. The van der Waals surface area contributed by atoms with E-state index in [4.69, 9.17) is 22.1 Å². The van der Waals surface area contributed by atoms with E-state index < -0.39 is 11.5 Å². The highest BCUT2D eigenvalue weighted by molar-refractivity contribution is 9.10. The summed E-state index contributed by atoms with van der Waals surface area (Å²) >= 11 is 9.36. The Kier molecular flexibility index (Phi) is 4.67. The lowest BCUT2D eigenvalue weighted by Gasteiger charge is -2.40. The van der Waals surface area contributed by atoms with Gasteiger partial charge in [-0.2, -0.15) is 0 Å². The van der Waals surface area contributed by atoms with Gasteiger partial charge in [0.2, 0.25) is 0 Å². The molecular formula is C13H17BrClNO2. The molecular weight excluding hydrogens is 318 g/mol. The molecule has 1 aromatic carbocycles. The lowest BCUT2D eigenvalue weighted by molar-refractivity contribution is -0.0784. The number of aliphatic hydroxyl groups excluding tert-OH is 1. The first-order chi connectivity index (χ1) is 8.59. The summed E-state index contributed by atoms with van der Waals surface area (Å²) in [6.45, 7) is 1.65. The molecule has 2 unspecified atom stereocenters. The van der Waals surface area contributed by atoms with Crippen LogP contribution in [0.25, 0.3) is 0 Å². The van der Waals surface area contributed by atoms with Crippen LogP contribution in [-0.2, 0) is 4.74 Å². The number of hydrogen-bond donors (Lipinski definition) is 2. The van der Waals surface area contributed by atoms with Crippen LogP contribution in [0.2, 0.25) is 5.02 Å². The molecule has 3 nitrogen and oxygen atoms in total. The van der Waals surface area contributed by atoms with Crippen molar-refractivity contribution >= 4 is 27.5 Å². The minimum atomic E-state index is -0.644. The molecule has 1 aromatic rings. The molecule has 0 aromatic heterocycles. The van der Waals surface area contributed by atoms with Gasteiger partial charge in [0, 0.05) is 28.1 Å². The third-order valence-corrected chi connectivity index (χ3v) is 4.52. The van der Waals surface area contributed by atoms with Gasteiger partial charge in [-0.05, 0) is 30.5 Å². The molecule has 0 amide bonds. The van der Waals surface area contributed by atoms with Crippen LogP contribution in [-0.4, -0.2) is 24.9 Å². The van der Waals surface area contributed by atoms with Gasteiger partial charge in [0.15, 0.2) is 0 Å². The fourth-order valence-electron chi connectivity index (χ4n) is 2.42. The smallest absolute Gasteiger partial charge is 0.0891 e. The number of aliphatic hydroxyl groups is 1. The molecule has 1 saturated heterocycles. The number of ether oxygens (including phenoxy) is 1. The molecule has 0 saturated carbocycles. The Morgan fingerprint density at radius 2 is 2.33 bits per heavy atom. The maximum atomic E-state index is 10.6. The largest absolute Gasteiger partial charge is 0.388 e. The van der Waals surface area contributed by atoms with Crippen molar-refractivity contribution in [3.8, 4) is 0 Å². The van der Waals surface area contributed by atoms with Crippen LogP contribution < -0.4 is 5.73 Å². The van der Waals surface area contributed by atoms with Gasteiger partial charge >= 0.3 is 0 Å². The minimum Gasteiger partial charge on any atom is -0.388 e. The van der Waals surface area contributed by atoms with E-state index in [0.29, 0.717) is 18.2 Å². The van der Waals surface area contributed by atoms with Gasteiger partial charge in [-0.15, -0.1) is 0 Å². The number of rotatable bonds is 3. The summed E-state index contributed by atoms with van der Waals surface area (Å²) in [6.07, 6.45) is 1.16. The molecule has 5 heteroatoms. The Morgan fingerprint density at radius 3 is 2.89 bits per heavy atom. The van der Waals surface area contributed by atoms with Crippen molar-refractivity contribution in [3.63, 3.8) is 0 Å². The molecule has 1 aliphatic rings. The predicted molar refractivity (Wildman–Crippen MR) is 75.7 cm³/mol. The summed E-state index contributed by atoms with van der Waals surface area (Å²) < 4.78 is 6.31. The van der Waals surface area contributed by atoms with Gasteiger partial charge in [-0.1, -0.05) is 33.6 Å². The summed E-state index contributed by atoms with van der Waals surface area (Å²) in [6, 6.07) is 5.40. The van der Waals surface area contributed by atoms with Crippen LogP contribution in [0.1, 0.15) is 24.5 Å². The quantitative estimate of drug-likeness (QED) is 0.893. The van der Waals surface area contributed by atoms with Crippen LogP contribution in [0.15, 0.2) is 22.7 Å². The van der Waals surface area contributed by atoms with Crippen LogP contribution in [0.4, 0.5) is 0 Å². The minimum absolute atomic E-state index is 0.394. The second-order valence-corrected chi connectivity index (χ2v) is 6.08. The van der Waals surface area contributed by atoms with Crippen LogP contribution in [0.5, 0.6) is 0 Å². The van der Waals surface area contributed by atoms with E-state index in [1.54, 1.807) is 12.1 Å². The Bertz CT molecular complexity index is 421. The molecule has 0 bridgehead atoms. The van der Waals surface area contributed by atoms with Crippen LogP contribution >= 0.6 is 27.5 Å². The van der Waals surface area contributed by atoms with Crippen LogP contribution in [0.3, 0.4) is 0 Å². The van der Waals surface area contributed by atoms with Gasteiger partial charge in [0.25, 0.3) is 0 Å². The summed E-state index contributed by atoms with van der Waals surface area (Å²) in [4.78, 5) is 0. The monoisotopic (exact) mass is 333 g/mol. The summed E-state index contributed by atoms with van der Waals surface area (Å²) in [5.41, 5.74) is 6.30. The third kappa shape index (κ3) is 2.73. The second kappa shape index (κ2) is 5.88. The van der Waals surface area contributed by atoms with E-state index in [1.807, 2.05) is 6.07 Å². The molecule has 100 valence electrons. The van der Waals surface area contributed by atoms with Crippen LogP contribution in [0, 0.1) is 5.41 Å². The number of nitrogens with two attached hydrogens (primary N) is 1. The van der Waals surface area contributed by atoms with E-state index in [1.165, 1.54) is 0 Å². The van der Waals surface area contributed by atoms with E-state index in [2.05, 4.69) is 15.9 Å². The third-order valence-electron chi connectivity index (χ3n) is 3.60. The Morgan fingerprint density at radius 1 is 1.56 bits per heavy atom. The molecule has 0 aliphatic carbocycles. The molecule has 3 N–H and O–H groups in total. The SMILES string of the molecule is NCC1(C(O)c2ccc(Cl)cc2Br)CCCOC1. The molecule has 1 fully saturated rings. The lowest BCUT2D eigenvalue weighted by Crippen LogP contribution is -2.43. The molecule has 18 heavy (non-hydrogen) atoms. The topological polar surface area (TPSA) is 55.5 Å². The van der Waals surface area contributed by atoms with Crippen molar-refractivity contribution < 1.29 is 9.84 Å². The Hall–Kier alpha value is -0.130. The van der Waals surface area contributed by atoms with Gasteiger partial charge in [0.05, 0.1) is 12.7 Å². The maximum Gasteiger partial charge on any atom is 0.0891 e. The van der Waals surface area contributed by atoms with E-state index in [9.17, 15) is 5.11 Å². The normalized spacial score (nSPS) is 26.0. The molecule has 0 radical (unpaired) electrons. The predicted octanol–water partition coefficient (Wildman–Crippen LogP) is 2.89. The summed E-state index contributed by atoms with van der Waals surface area (Å²) in [5.74, 6) is 0. The second-order valence-electron chi connectivity index (χ2n) is 4.79. The van der Waals surface area contributed by atoms with Gasteiger partial charge in [-0.3, -0.25) is 0 Å². The fourth-order valence-corrected chi connectivity index (χ4v) is 3.31. The average molecular weight is 335 g/mol. The standard InChI is InChI=1S/C13H17BrClNO2/c14-11-6-9(15)2-3-10(11)12(17)13(7-16)4-1-5-18-8-13/h2-3,6,12,17H,1,4-5,7-8,16H2. The molecule has 1 heterocycles. The number of benzene rings is 1. The van der Waals surface area contributed by atoms with Crippen molar-refractivity contribution in [1.29, 1.82) is 0 Å². The highest BCUT2D eigenvalue weighted by atomic mass is 79.9. The maximum absolute atomic E-state index is 10.6. The first-order valence-electron chi connectivity index (χ1n) is 6.00. The van der Waals surface area contributed by atoms with E-state index in [0.717, 1.165) is 29.5 Å². The number of hydrogen-bond acceptors (Lipinski definition) is 3. The van der Waals surface area contributed by atoms with Gasteiger partial charge in [0.1, 0.15) is 0 Å². The fraction of sp³-hybridized carbons (Fsp3) is 0.538. The molecule has 0 spiro atoms. The van der Waals surface area contributed by atoms with Crippen molar-refractivity contribution in [1.82, 2.24) is 0 Å². The Balaban J connectivity index is 2.30. The highest BCUT2D eigenvalue weighted by Crippen LogP contribution is 2.42. The van der Waals surface area contributed by atoms with Gasteiger partial charge < -0.3 is 15.6 Å².